The molecule has 1 aliphatic rings. The van der Waals surface area contributed by atoms with E-state index in [1.807, 2.05) is 7.05 Å². The Morgan fingerprint density at radius 2 is 1.67 bits per heavy atom. The van der Waals surface area contributed by atoms with E-state index in [-0.39, 0.29) is 0 Å². The average Bonchev–Trinajstić information content (AvgIpc) is 2.56. The minimum Gasteiger partial charge on any atom is -0.357 e. The van der Waals surface area contributed by atoms with Gasteiger partial charge in [-0.3, -0.25) is 0 Å². The minimum absolute atomic E-state index is 0.626. The summed E-state index contributed by atoms with van der Waals surface area (Å²) in [6, 6.07) is 8.28. The molecule has 0 saturated carbocycles. The second kappa shape index (κ2) is 6.08. The van der Waals surface area contributed by atoms with E-state index in [1.54, 1.807) is 0 Å². The topological polar surface area (TPSA) is 53.9 Å². The van der Waals surface area contributed by atoms with Crippen molar-refractivity contribution < 1.29 is 0 Å². The zero-order valence-electron chi connectivity index (χ0n) is 12.6. The Kier molecular flexibility index (Phi) is 3.99. The van der Waals surface area contributed by atoms with Crippen LogP contribution in [0.4, 0.5) is 11.9 Å². The predicted molar refractivity (Wildman–Crippen MR) is 85.6 cm³/mol. The molecule has 21 heavy (non-hydrogen) atoms. The molecular weight excluding hydrogens is 262 g/mol. The van der Waals surface area contributed by atoms with Crippen molar-refractivity contribution in [3.8, 4) is 11.4 Å². The van der Waals surface area contributed by atoms with E-state index in [0.717, 1.165) is 30.4 Å². The van der Waals surface area contributed by atoms with Crippen molar-refractivity contribution in [1.82, 2.24) is 15.0 Å². The molecule has 0 spiro atoms. The third-order valence-electron chi connectivity index (χ3n) is 3.80. The lowest BCUT2D eigenvalue weighted by atomic mass is 10.1. The molecule has 2 aromatic rings. The van der Waals surface area contributed by atoms with Crippen LogP contribution in [0.2, 0.25) is 0 Å². The maximum atomic E-state index is 4.67. The molecule has 0 unspecified atom stereocenters. The summed E-state index contributed by atoms with van der Waals surface area (Å²) in [5, 5.41) is 3.04. The van der Waals surface area contributed by atoms with Crippen LogP contribution in [-0.4, -0.2) is 35.1 Å². The first-order valence-corrected chi connectivity index (χ1v) is 7.52. The van der Waals surface area contributed by atoms with Crippen LogP contribution >= 0.6 is 0 Å². The van der Waals surface area contributed by atoms with Gasteiger partial charge in [-0.25, -0.2) is 0 Å². The van der Waals surface area contributed by atoms with E-state index in [0.29, 0.717) is 5.95 Å². The van der Waals surface area contributed by atoms with Crippen molar-refractivity contribution in [1.29, 1.82) is 0 Å². The Morgan fingerprint density at radius 3 is 2.33 bits per heavy atom. The van der Waals surface area contributed by atoms with Crippen LogP contribution in [-0.2, 0) is 0 Å². The van der Waals surface area contributed by atoms with Crippen molar-refractivity contribution in [2.24, 2.45) is 0 Å². The Hall–Kier alpha value is -2.17. The highest BCUT2D eigenvalue weighted by Gasteiger charge is 2.16. The molecule has 0 amide bonds. The number of nitrogens with zero attached hydrogens (tertiary/aromatic N) is 4. The van der Waals surface area contributed by atoms with Crippen molar-refractivity contribution in [2.45, 2.75) is 26.2 Å². The van der Waals surface area contributed by atoms with Crippen molar-refractivity contribution in [2.75, 3.05) is 30.4 Å². The van der Waals surface area contributed by atoms with Gasteiger partial charge in [-0.2, -0.15) is 15.0 Å². The monoisotopic (exact) mass is 283 g/mol. The molecule has 0 radical (unpaired) electrons. The van der Waals surface area contributed by atoms with Gasteiger partial charge in [0.25, 0.3) is 0 Å². The number of aromatic nitrogens is 3. The normalized spacial score (nSPS) is 15.0. The van der Waals surface area contributed by atoms with Gasteiger partial charge in [0.05, 0.1) is 0 Å². The zero-order valence-corrected chi connectivity index (χ0v) is 12.6. The zero-order chi connectivity index (χ0) is 14.7. The predicted octanol–water partition coefficient (Wildman–Crippen LogP) is 2.88. The summed E-state index contributed by atoms with van der Waals surface area (Å²) < 4.78 is 0. The third-order valence-corrected chi connectivity index (χ3v) is 3.80. The number of aryl methyl sites for hydroxylation is 1. The molecule has 1 saturated heterocycles. The molecule has 0 aliphatic carbocycles. The summed E-state index contributed by atoms with van der Waals surface area (Å²) in [5.41, 5.74) is 2.26. The largest absolute Gasteiger partial charge is 0.357 e. The second-order valence-electron chi connectivity index (χ2n) is 5.45. The van der Waals surface area contributed by atoms with E-state index in [4.69, 9.17) is 0 Å². The van der Waals surface area contributed by atoms with Gasteiger partial charge in [-0.1, -0.05) is 29.8 Å². The van der Waals surface area contributed by atoms with Gasteiger partial charge < -0.3 is 10.2 Å². The fourth-order valence-corrected chi connectivity index (χ4v) is 2.54. The maximum absolute atomic E-state index is 4.67. The Bertz CT molecular complexity index is 603. The quantitative estimate of drug-likeness (QED) is 0.938. The number of benzene rings is 1. The molecule has 0 bridgehead atoms. The number of rotatable bonds is 3. The number of anilines is 2. The molecule has 5 heteroatoms. The molecule has 1 fully saturated rings. The van der Waals surface area contributed by atoms with Crippen LogP contribution in [0.3, 0.4) is 0 Å². The van der Waals surface area contributed by atoms with Gasteiger partial charge in [0.1, 0.15) is 0 Å². The lowest BCUT2D eigenvalue weighted by Crippen LogP contribution is -2.31. The van der Waals surface area contributed by atoms with Crippen molar-refractivity contribution >= 4 is 11.9 Å². The van der Waals surface area contributed by atoms with Crippen LogP contribution in [0.5, 0.6) is 0 Å². The van der Waals surface area contributed by atoms with E-state index < -0.39 is 0 Å². The smallest absolute Gasteiger partial charge is 0.230 e. The van der Waals surface area contributed by atoms with E-state index in [1.165, 1.54) is 24.8 Å². The minimum atomic E-state index is 0.626. The number of hydrogen-bond acceptors (Lipinski definition) is 5. The van der Waals surface area contributed by atoms with Gasteiger partial charge in [0.2, 0.25) is 11.9 Å². The average molecular weight is 283 g/mol. The molecule has 1 aromatic carbocycles. The van der Waals surface area contributed by atoms with Crippen LogP contribution in [0, 0.1) is 6.92 Å². The summed E-state index contributed by atoms with van der Waals surface area (Å²) in [4.78, 5) is 15.9. The van der Waals surface area contributed by atoms with Gasteiger partial charge in [-0.15, -0.1) is 0 Å². The lowest BCUT2D eigenvalue weighted by Gasteiger charge is -2.26. The molecule has 5 nitrogen and oxygen atoms in total. The summed E-state index contributed by atoms with van der Waals surface area (Å²) in [7, 11) is 1.84. The first-order valence-electron chi connectivity index (χ1n) is 7.52. The standard InChI is InChI=1S/C16H21N5/c1-12-6-8-13(9-7-12)14-18-15(17-2)20-16(19-14)21-10-4-3-5-11-21/h6-9H,3-5,10-11H2,1-2H3,(H,17,18,19,20). The maximum Gasteiger partial charge on any atom is 0.230 e. The van der Waals surface area contributed by atoms with Crippen LogP contribution in [0.25, 0.3) is 11.4 Å². The van der Waals surface area contributed by atoms with Crippen LogP contribution in [0.15, 0.2) is 24.3 Å². The highest BCUT2D eigenvalue weighted by atomic mass is 15.3. The fourth-order valence-electron chi connectivity index (χ4n) is 2.54. The molecule has 1 aliphatic heterocycles. The first-order chi connectivity index (χ1) is 10.3. The molecule has 3 rings (SSSR count). The van der Waals surface area contributed by atoms with Gasteiger partial charge >= 0.3 is 0 Å². The number of nitrogens with one attached hydrogen (secondary N) is 1. The van der Waals surface area contributed by atoms with Gasteiger partial charge in [-0.05, 0) is 26.2 Å². The first kappa shape index (κ1) is 13.8. The summed E-state index contributed by atoms with van der Waals surface area (Å²) in [6.07, 6.45) is 3.71. The molecule has 0 atom stereocenters. The molecule has 1 aromatic heterocycles. The SMILES string of the molecule is CNc1nc(-c2ccc(C)cc2)nc(N2CCCCC2)n1. The molecule has 110 valence electrons. The van der Waals surface area contributed by atoms with Crippen molar-refractivity contribution in [3.63, 3.8) is 0 Å². The highest BCUT2D eigenvalue weighted by molar-refractivity contribution is 5.58. The molecular formula is C16H21N5. The summed E-state index contributed by atoms with van der Waals surface area (Å²) in [6.45, 7) is 4.14. The van der Waals surface area contributed by atoms with E-state index in [9.17, 15) is 0 Å². The lowest BCUT2D eigenvalue weighted by molar-refractivity contribution is 0.568. The van der Waals surface area contributed by atoms with Crippen LogP contribution < -0.4 is 10.2 Å². The summed E-state index contributed by atoms with van der Waals surface area (Å²) >= 11 is 0. The van der Waals surface area contributed by atoms with E-state index >= 15 is 0 Å². The van der Waals surface area contributed by atoms with Gasteiger partial charge in [0, 0.05) is 25.7 Å². The third kappa shape index (κ3) is 3.12. The molecule has 2 heterocycles. The van der Waals surface area contributed by atoms with Gasteiger partial charge in [0.15, 0.2) is 5.82 Å². The van der Waals surface area contributed by atoms with Crippen LogP contribution in [0.1, 0.15) is 24.8 Å². The Labute approximate surface area is 125 Å². The highest BCUT2D eigenvalue weighted by Crippen LogP contribution is 2.22. The summed E-state index contributed by atoms with van der Waals surface area (Å²) in [5.74, 6) is 2.14. The number of piperidine rings is 1. The second-order valence-corrected chi connectivity index (χ2v) is 5.45. The Balaban J connectivity index is 1.98. The fraction of sp³-hybridized carbons (Fsp3) is 0.438. The molecule has 1 N–H and O–H groups in total. The number of hydrogen-bond donors (Lipinski definition) is 1. The van der Waals surface area contributed by atoms with Crippen molar-refractivity contribution in [3.05, 3.63) is 29.8 Å². The Morgan fingerprint density at radius 1 is 0.952 bits per heavy atom. The van der Waals surface area contributed by atoms with E-state index in [2.05, 4.69) is 56.4 Å².